The van der Waals surface area contributed by atoms with E-state index in [9.17, 15) is 22.8 Å². The minimum Gasteiger partial charge on any atom is -0.496 e. The number of fused-ring (bicyclic) bond motifs is 1. The van der Waals surface area contributed by atoms with Crippen LogP contribution in [0.15, 0.2) is 42.5 Å². The SMILES string of the molecule is COc1cc2c(cc1C[C@@H]1CCCN(C(=O)OC(C)(C)C)[C@]1(N)c1ccccc1)C(C(F)(F)F)CC(=O)N2C. The van der Waals surface area contributed by atoms with Gasteiger partial charge in [-0.05, 0) is 62.8 Å². The number of hydrogen-bond acceptors (Lipinski definition) is 5. The first kappa shape index (κ1) is 28.7. The van der Waals surface area contributed by atoms with E-state index in [0.29, 0.717) is 36.3 Å². The van der Waals surface area contributed by atoms with Crippen LogP contribution in [0, 0.1) is 5.92 Å². The number of carbonyl (C=O) groups is 2. The van der Waals surface area contributed by atoms with Crippen molar-refractivity contribution in [2.75, 3.05) is 25.6 Å². The molecule has 0 aliphatic carbocycles. The van der Waals surface area contributed by atoms with Crippen molar-refractivity contribution in [1.29, 1.82) is 0 Å². The van der Waals surface area contributed by atoms with Gasteiger partial charge in [0.05, 0.1) is 18.7 Å². The Morgan fingerprint density at radius 2 is 1.82 bits per heavy atom. The fourth-order valence-electron chi connectivity index (χ4n) is 5.70. The highest BCUT2D eigenvalue weighted by Gasteiger charge is 2.50. The molecule has 1 unspecified atom stereocenters. The minimum absolute atomic E-state index is 0.0301. The van der Waals surface area contributed by atoms with Crippen LogP contribution >= 0.6 is 0 Å². The van der Waals surface area contributed by atoms with E-state index < -0.39 is 41.8 Å². The highest BCUT2D eigenvalue weighted by Crippen LogP contribution is 2.48. The molecule has 2 heterocycles. The summed E-state index contributed by atoms with van der Waals surface area (Å²) in [6, 6.07) is 12.2. The molecule has 2 aromatic rings. The first-order valence-corrected chi connectivity index (χ1v) is 13.1. The van der Waals surface area contributed by atoms with Gasteiger partial charge < -0.3 is 20.1 Å². The van der Waals surface area contributed by atoms with Gasteiger partial charge in [0.2, 0.25) is 5.91 Å². The Bertz CT molecular complexity index is 1230. The molecule has 212 valence electrons. The lowest BCUT2D eigenvalue weighted by Gasteiger charge is -2.50. The van der Waals surface area contributed by atoms with Crippen molar-refractivity contribution in [3.63, 3.8) is 0 Å². The zero-order valence-electron chi connectivity index (χ0n) is 23.0. The number of ether oxygens (including phenoxy) is 2. The highest BCUT2D eigenvalue weighted by molar-refractivity contribution is 5.97. The molecule has 3 atom stereocenters. The Labute approximate surface area is 227 Å². The monoisotopic (exact) mass is 547 g/mol. The number of nitrogens with two attached hydrogens (primary N) is 1. The van der Waals surface area contributed by atoms with Crippen molar-refractivity contribution in [3.8, 4) is 5.75 Å². The molecule has 1 fully saturated rings. The summed E-state index contributed by atoms with van der Waals surface area (Å²) in [5.41, 5.74) is 6.59. The quantitative estimate of drug-likeness (QED) is 0.530. The molecule has 0 aromatic heterocycles. The van der Waals surface area contributed by atoms with E-state index in [1.54, 1.807) is 20.8 Å². The number of benzene rings is 2. The van der Waals surface area contributed by atoms with Crippen LogP contribution in [0.1, 0.15) is 62.6 Å². The molecular weight excluding hydrogens is 511 g/mol. The van der Waals surface area contributed by atoms with Gasteiger partial charge in [-0.2, -0.15) is 13.2 Å². The largest absolute Gasteiger partial charge is 0.496 e. The maximum atomic E-state index is 14.0. The average Bonchev–Trinajstić information content (AvgIpc) is 2.86. The van der Waals surface area contributed by atoms with Gasteiger partial charge in [0.15, 0.2) is 0 Å². The second-order valence-corrected chi connectivity index (χ2v) is 11.3. The summed E-state index contributed by atoms with van der Waals surface area (Å²) in [6.07, 6.45) is -4.26. The Balaban J connectivity index is 1.80. The van der Waals surface area contributed by atoms with Crippen LogP contribution < -0.4 is 15.4 Å². The highest BCUT2D eigenvalue weighted by atomic mass is 19.4. The van der Waals surface area contributed by atoms with E-state index in [2.05, 4.69) is 0 Å². The van der Waals surface area contributed by atoms with Gasteiger partial charge in [-0.25, -0.2) is 4.79 Å². The van der Waals surface area contributed by atoms with Crippen LogP contribution in [-0.2, 0) is 21.6 Å². The number of amides is 2. The molecule has 0 bridgehead atoms. The number of likely N-dealkylation sites (tertiary alicyclic amines) is 1. The fourth-order valence-corrected chi connectivity index (χ4v) is 5.70. The van der Waals surface area contributed by atoms with Crippen molar-refractivity contribution in [2.45, 2.75) is 69.8 Å². The van der Waals surface area contributed by atoms with Gasteiger partial charge in [-0.1, -0.05) is 30.3 Å². The summed E-state index contributed by atoms with van der Waals surface area (Å²) < 4.78 is 53.4. The molecule has 2 aliphatic heterocycles. The van der Waals surface area contributed by atoms with E-state index in [-0.39, 0.29) is 23.6 Å². The van der Waals surface area contributed by atoms with Gasteiger partial charge in [0.25, 0.3) is 0 Å². The predicted molar refractivity (Wildman–Crippen MR) is 141 cm³/mol. The molecule has 2 aromatic carbocycles. The van der Waals surface area contributed by atoms with Crippen LogP contribution in [0.25, 0.3) is 0 Å². The summed E-state index contributed by atoms with van der Waals surface area (Å²) in [5.74, 6) is -2.52. The maximum Gasteiger partial charge on any atom is 0.412 e. The summed E-state index contributed by atoms with van der Waals surface area (Å²) in [7, 11) is 2.91. The molecule has 4 rings (SSSR count). The topological polar surface area (TPSA) is 85.1 Å². The number of piperidine rings is 1. The molecule has 2 aliphatic rings. The number of methoxy groups -OCH3 is 1. The third-order valence-corrected chi connectivity index (χ3v) is 7.63. The number of carbonyl (C=O) groups excluding carboxylic acids is 2. The van der Waals surface area contributed by atoms with E-state index in [1.165, 1.54) is 36.1 Å². The number of halogens is 3. The Morgan fingerprint density at radius 1 is 1.15 bits per heavy atom. The third kappa shape index (κ3) is 5.57. The lowest BCUT2D eigenvalue weighted by molar-refractivity contribution is -0.157. The first-order valence-electron chi connectivity index (χ1n) is 13.1. The first-order chi connectivity index (χ1) is 18.2. The van der Waals surface area contributed by atoms with Gasteiger partial charge in [-0.3, -0.25) is 9.69 Å². The molecule has 39 heavy (non-hydrogen) atoms. The average molecular weight is 548 g/mol. The van der Waals surface area contributed by atoms with Crippen molar-refractivity contribution in [1.82, 2.24) is 4.90 Å². The van der Waals surface area contributed by atoms with Crippen LogP contribution in [0.4, 0.5) is 23.7 Å². The fraction of sp³-hybridized carbons (Fsp3) is 0.517. The Kier molecular flexibility index (Phi) is 7.64. The Hall–Kier alpha value is -3.27. The molecule has 2 amide bonds. The summed E-state index contributed by atoms with van der Waals surface area (Å²) in [4.78, 5) is 28.5. The van der Waals surface area contributed by atoms with Gasteiger partial charge in [0, 0.05) is 32.0 Å². The molecule has 2 N–H and O–H groups in total. The van der Waals surface area contributed by atoms with E-state index in [4.69, 9.17) is 15.2 Å². The van der Waals surface area contributed by atoms with E-state index >= 15 is 0 Å². The third-order valence-electron chi connectivity index (χ3n) is 7.63. The van der Waals surface area contributed by atoms with Crippen LogP contribution in [0.3, 0.4) is 0 Å². The standard InChI is InChI=1S/C29H36F3N3O4/c1-27(2,3)39-26(37)35-13-9-12-20(28(35,33)19-10-7-6-8-11-19)14-18-15-21-22(29(30,31)32)16-25(36)34(4)23(21)17-24(18)38-5/h6-8,10-11,15,17,20,22H,9,12-14,16,33H2,1-5H3/t20-,22?,28+/m0/s1. The molecule has 0 spiro atoms. The van der Waals surface area contributed by atoms with E-state index in [0.717, 1.165) is 0 Å². The molecule has 0 radical (unpaired) electrons. The van der Waals surface area contributed by atoms with Crippen molar-refractivity contribution in [2.24, 2.45) is 11.7 Å². The summed E-state index contributed by atoms with van der Waals surface area (Å²) in [6.45, 7) is 5.72. The lowest BCUT2D eigenvalue weighted by Crippen LogP contribution is -2.63. The van der Waals surface area contributed by atoms with Gasteiger partial charge >= 0.3 is 12.3 Å². The maximum absolute atomic E-state index is 14.0. The molecule has 1 saturated heterocycles. The van der Waals surface area contributed by atoms with Crippen molar-refractivity contribution in [3.05, 3.63) is 59.2 Å². The lowest BCUT2D eigenvalue weighted by atomic mass is 9.75. The number of alkyl halides is 3. The van der Waals surface area contributed by atoms with Crippen molar-refractivity contribution >= 4 is 17.7 Å². The second-order valence-electron chi connectivity index (χ2n) is 11.3. The number of nitrogens with zero attached hydrogens (tertiary/aromatic N) is 2. The zero-order chi connectivity index (χ0) is 28.8. The predicted octanol–water partition coefficient (Wildman–Crippen LogP) is 5.71. The molecule has 10 heteroatoms. The van der Waals surface area contributed by atoms with Crippen molar-refractivity contribution < 1.29 is 32.2 Å². The minimum atomic E-state index is -4.59. The molecule has 0 saturated carbocycles. The normalized spacial score (nSPS) is 23.9. The smallest absolute Gasteiger partial charge is 0.412 e. The number of rotatable bonds is 4. The zero-order valence-corrected chi connectivity index (χ0v) is 23.0. The summed E-state index contributed by atoms with van der Waals surface area (Å²) >= 11 is 0. The van der Waals surface area contributed by atoms with E-state index in [1.807, 2.05) is 30.3 Å². The number of anilines is 1. The molecular formula is C29H36F3N3O4. The molecule has 7 nitrogen and oxygen atoms in total. The second kappa shape index (κ2) is 10.4. The van der Waals surface area contributed by atoms with Gasteiger partial charge in [-0.15, -0.1) is 0 Å². The van der Waals surface area contributed by atoms with Crippen LogP contribution in [-0.4, -0.2) is 49.4 Å². The van der Waals surface area contributed by atoms with Crippen LogP contribution in [0.5, 0.6) is 5.75 Å². The summed E-state index contributed by atoms with van der Waals surface area (Å²) in [5, 5.41) is 0. The number of hydrogen-bond donors (Lipinski definition) is 1. The van der Waals surface area contributed by atoms with Gasteiger partial charge in [0.1, 0.15) is 17.0 Å². The van der Waals surface area contributed by atoms with Crippen LogP contribution in [0.2, 0.25) is 0 Å². The Morgan fingerprint density at radius 3 is 2.41 bits per heavy atom.